The molecule has 1 aliphatic rings. The summed E-state index contributed by atoms with van der Waals surface area (Å²) >= 11 is 0. The van der Waals surface area contributed by atoms with Crippen LogP contribution in [0.3, 0.4) is 0 Å². The van der Waals surface area contributed by atoms with Crippen molar-refractivity contribution in [2.24, 2.45) is 5.92 Å². The number of amides is 1. The Balaban J connectivity index is 2.48. The van der Waals surface area contributed by atoms with E-state index in [4.69, 9.17) is 14.2 Å². The number of hydrogen-bond acceptors (Lipinski definition) is 7. The second-order valence-corrected chi connectivity index (χ2v) is 4.73. The van der Waals surface area contributed by atoms with Gasteiger partial charge in [0.2, 0.25) is 5.76 Å². The zero-order valence-electron chi connectivity index (χ0n) is 12.9. The number of carbonyl (C=O) groups excluding carboxylic acids is 3. The van der Waals surface area contributed by atoms with E-state index in [1.165, 1.54) is 7.11 Å². The van der Waals surface area contributed by atoms with Crippen LogP contribution in [0.1, 0.15) is 20.3 Å². The van der Waals surface area contributed by atoms with Crippen molar-refractivity contribution in [3.05, 3.63) is 12.0 Å². The van der Waals surface area contributed by atoms with E-state index in [0.717, 1.165) is 6.26 Å². The molecule has 0 bridgehead atoms. The molecule has 0 spiro atoms. The molecular weight excluding hydrogens is 294 g/mol. The van der Waals surface area contributed by atoms with Gasteiger partial charge in [-0.25, -0.2) is 9.59 Å². The number of methoxy groups -OCH3 is 1. The third kappa shape index (κ3) is 5.27. The number of nitrogens with one attached hydrogen (secondary N) is 1. The van der Waals surface area contributed by atoms with Crippen LogP contribution in [0.15, 0.2) is 12.0 Å². The van der Waals surface area contributed by atoms with Crippen LogP contribution in [-0.4, -0.2) is 50.8 Å². The zero-order valence-corrected chi connectivity index (χ0v) is 12.9. The van der Waals surface area contributed by atoms with Gasteiger partial charge in [0.15, 0.2) is 6.61 Å². The van der Waals surface area contributed by atoms with Gasteiger partial charge in [-0.05, 0) is 5.92 Å². The van der Waals surface area contributed by atoms with E-state index in [1.54, 1.807) is 0 Å². The second-order valence-electron chi connectivity index (χ2n) is 4.73. The topological polar surface area (TPSA) is 100 Å². The average molecular weight is 315 g/mol. The second kappa shape index (κ2) is 8.91. The van der Waals surface area contributed by atoms with Crippen LogP contribution >= 0.6 is 0 Å². The Morgan fingerprint density at radius 3 is 2.64 bits per heavy atom. The van der Waals surface area contributed by atoms with Crippen molar-refractivity contribution in [3.8, 4) is 0 Å². The predicted octanol–water partition coefficient (Wildman–Crippen LogP) is 0.122. The Morgan fingerprint density at radius 1 is 1.36 bits per heavy atom. The highest BCUT2D eigenvalue weighted by molar-refractivity contribution is 5.90. The summed E-state index contributed by atoms with van der Waals surface area (Å²) in [6, 6.07) is -0.783. The van der Waals surface area contributed by atoms with Crippen molar-refractivity contribution in [1.29, 1.82) is 0 Å². The first-order valence-electron chi connectivity index (χ1n) is 6.98. The summed E-state index contributed by atoms with van der Waals surface area (Å²) in [4.78, 5) is 35.0. The molecule has 0 radical (unpaired) electrons. The van der Waals surface area contributed by atoms with E-state index >= 15 is 0 Å². The van der Waals surface area contributed by atoms with Crippen molar-refractivity contribution in [3.63, 3.8) is 0 Å². The fourth-order valence-corrected chi connectivity index (χ4v) is 1.69. The van der Waals surface area contributed by atoms with Gasteiger partial charge in [0.05, 0.1) is 7.11 Å². The SMILES string of the molecule is CC[C@H](C)[C@H](NC(=O)COC(=O)C1=COCCO1)C(=O)OC. The lowest BCUT2D eigenvalue weighted by atomic mass is 9.99. The van der Waals surface area contributed by atoms with Crippen LogP contribution in [0.4, 0.5) is 0 Å². The van der Waals surface area contributed by atoms with Crippen molar-refractivity contribution in [2.75, 3.05) is 26.9 Å². The Bertz CT molecular complexity index is 446. The Morgan fingerprint density at radius 2 is 2.09 bits per heavy atom. The predicted molar refractivity (Wildman–Crippen MR) is 74.3 cm³/mol. The fourth-order valence-electron chi connectivity index (χ4n) is 1.69. The normalized spacial score (nSPS) is 16.2. The van der Waals surface area contributed by atoms with Crippen molar-refractivity contribution < 1.29 is 33.3 Å². The Hall–Kier alpha value is -2.25. The molecule has 1 aliphatic heterocycles. The highest BCUT2D eigenvalue weighted by atomic mass is 16.6. The quantitative estimate of drug-likeness (QED) is 0.666. The van der Waals surface area contributed by atoms with Gasteiger partial charge in [0, 0.05) is 0 Å². The minimum absolute atomic E-state index is 0.0921. The molecule has 124 valence electrons. The van der Waals surface area contributed by atoms with Gasteiger partial charge in [-0.3, -0.25) is 4.79 Å². The highest BCUT2D eigenvalue weighted by Gasteiger charge is 2.27. The number of rotatable bonds is 7. The Labute approximate surface area is 128 Å². The first-order valence-corrected chi connectivity index (χ1v) is 6.98. The molecule has 0 aromatic rings. The smallest absolute Gasteiger partial charge is 0.377 e. The molecule has 0 saturated carbocycles. The van der Waals surface area contributed by atoms with Gasteiger partial charge in [0.1, 0.15) is 25.5 Å². The lowest BCUT2D eigenvalue weighted by molar-refractivity contribution is -0.151. The van der Waals surface area contributed by atoms with Crippen LogP contribution in [0.2, 0.25) is 0 Å². The van der Waals surface area contributed by atoms with Crippen LogP contribution < -0.4 is 5.32 Å². The van der Waals surface area contributed by atoms with Gasteiger partial charge in [-0.15, -0.1) is 0 Å². The van der Waals surface area contributed by atoms with Gasteiger partial charge in [-0.1, -0.05) is 20.3 Å². The van der Waals surface area contributed by atoms with E-state index in [-0.39, 0.29) is 18.3 Å². The summed E-state index contributed by atoms with van der Waals surface area (Å²) in [5.74, 6) is -2.13. The van der Waals surface area contributed by atoms with Gasteiger partial charge in [0.25, 0.3) is 5.91 Å². The van der Waals surface area contributed by atoms with E-state index in [1.807, 2.05) is 13.8 Å². The fraction of sp³-hybridized carbons (Fsp3) is 0.643. The van der Waals surface area contributed by atoms with Gasteiger partial charge in [-0.2, -0.15) is 0 Å². The summed E-state index contributed by atoms with van der Waals surface area (Å²) in [6.07, 6.45) is 1.82. The minimum atomic E-state index is -0.798. The summed E-state index contributed by atoms with van der Waals surface area (Å²) < 4.78 is 19.4. The minimum Gasteiger partial charge on any atom is -0.493 e. The third-order valence-electron chi connectivity index (χ3n) is 3.17. The van der Waals surface area contributed by atoms with Crippen molar-refractivity contribution in [1.82, 2.24) is 5.32 Å². The summed E-state index contributed by atoms with van der Waals surface area (Å²) in [5, 5.41) is 2.49. The average Bonchev–Trinajstić information content (AvgIpc) is 2.56. The lowest BCUT2D eigenvalue weighted by Gasteiger charge is -2.21. The maximum Gasteiger partial charge on any atom is 0.377 e. The summed E-state index contributed by atoms with van der Waals surface area (Å²) in [5.41, 5.74) is 0. The molecule has 8 heteroatoms. The largest absolute Gasteiger partial charge is 0.493 e. The standard InChI is InChI=1S/C14H21NO7/c1-4-9(2)12(14(18)19-3)15-11(16)8-22-13(17)10-7-20-5-6-21-10/h7,9,12H,4-6,8H2,1-3H3,(H,15,16)/t9-,12-/m0/s1. The molecule has 1 rings (SSSR count). The molecule has 2 atom stereocenters. The van der Waals surface area contributed by atoms with Crippen LogP contribution in [-0.2, 0) is 33.3 Å². The molecule has 0 aromatic heterocycles. The number of ether oxygens (including phenoxy) is 4. The maximum absolute atomic E-state index is 11.8. The number of hydrogen-bond donors (Lipinski definition) is 1. The van der Waals surface area contributed by atoms with E-state index in [9.17, 15) is 14.4 Å². The molecule has 0 fully saturated rings. The molecule has 1 N–H and O–H groups in total. The van der Waals surface area contributed by atoms with Crippen molar-refractivity contribution in [2.45, 2.75) is 26.3 Å². The third-order valence-corrected chi connectivity index (χ3v) is 3.17. The van der Waals surface area contributed by atoms with E-state index in [0.29, 0.717) is 13.0 Å². The molecule has 22 heavy (non-hydrogen) atoms. The molecule has 0 aliphatic carbocycles. The van der Waals surface area contributed by atoms with Crippen LogP contribution in [0.25, 0.3) is 0 Å². The van der Waals surface area contributed by atoms with E-state index < -0.39 is 30.5 Å². The van der Waals surface area contributed by atoms with Crippen LogP contribution in [0.5, 0.6) is 0 Å². The molecule has 0 unspecified atom stereocenters. The van der Waals surface area contributed by atoms with Crippen LogP contribution in [0, 0.1) is 5.92 Å². The molecule has 0 aromatic carbocycles. The molecular formula is C14H21NO7. The summed E-state index contributed by atoms with van der Waals surface area (Å²) in [7, 11) is 1.25. The Kier molecular flexibility index (Phi) is 7.21. The van der Waals surface area contributed by atoms with Crippen molar-refractivity contribution >= 4 is 17.8 Å². The molecule has 0 saturated heterocycles. The maximum atomic E-state index is 11.8. The number of carbonyl (C=O) groups is 3. The molecule has 8 nitrogen and oxygen atoms in total. The van der Waals surface area contributed by atoms with E-state index in [2.05, 4.69) is 10.1 Å². The lowest BCUT2D eigenvalue weighted by Crippen LogP contribution is -2.47. The monoisotopic (exact) mass is 315 g/mol. The first kappa shape index (κ1) is 17.8. The first-order chi connectivity index (χ1) is 10.5. The van der Waals surface area contributed by atoms with Gasteiger partial charge < -0.3 is 24.3 Å². The number of esters is 2. The molecule has 1 amide bonds. The molecule has 1 heterocycles. The highest BCUT2D eigenvalue weighted by Crippen LogP contribution is 2.09. The summed E-state index contributed by atoms with van der Waals surface area (Å²) in [6.45, 7) is 3.77. The zero-order chi connectivity index (χ0) is 16.5. The van der Waals surface area contributed by atoms with Gasteiger partial charge >= 0.3 is 11.9 Å².